The lowest BCUT2D eigenvalue weighted by Crippen LogP contribution is -2.24. The predicted octanol–water partition coefficient (Wildman–Crippen LogP) is 2.98. The SMILES string of the molecule is CCCOCCC(N)Cc1ccc(I)cc1. The highest BCUT2D eigenvalue weighted by atomic mass is 127. The van der Waals surface area contributed by atoms with E-state index < -0.39 is 0 Å². The van der Waals surface area contributed by atoms with Crippen LogP contribution in [-0.2, 0) is 11.2 Å². The Morgan fingerprint density at radius 1 is 1.25 bits per heavy atom. The van der Waals surface area contributed by atoms with Gasteiger partial charge in [-0.25, -0.2) is 0 Å². The molecule has 1 aromatic rings. The number of ether oxygens (including phenoxy) is 1. The molecule has 0 amide bonds. The van der Waals surface area contributed by atoms with Crippen LogP contribution in [0.15, 0.2) is 24.3 Å². The molecule has 0 aromatic heterocycles. The van der Waals surface area contributed by atoms with Crippen molar-refractivity contribution in [2.24, 2.45) is 5.73 Å². The lowest BCUT2D eigenvalue weighted by atomic mass is 10.0. The molecule has 0 fully saturated rings. The van der Waals surface area contributed by atoms with Gasteiger partial charge in [0.25, 0.3) is 0 Å². The first kappa shape index (κ1) is 13.9. The number of benzene rings is 1. The fourth-order valence-electron chi connectivity index (χ4n) is 1.51. The summed E-state index contributed by atoms with van der Waals surface area (Å²) in [4.78, 5) is 0. The van der Waals surface area contributed by atoms with E-state index in [1.165, 1.54) is 9.13 Å². The summed E-state index contributed by atoms with van der Waals surface area (Å²) >= 11 is 2.31. The summed E-state index contributed by atoms with van der Waals surface area (Å²) in [6, 6.07) is 8.74. The van der Waals surface area contributed by atoms with Crippen molar-refractivity contribution < 1.29 is 4.74 Å². The Balaban J connectivity index is 2.23. The molecule has 1 atom stereocenters. The molecule has 0 aliphatic rings. The number of halogens is 1. The number of nitrogens with two attached hydrogens (primary N) is 1. The third kappa shape index (κ3) is 5.82. The van der Waals surface area contributed by atoms with E-state index in [0.717, 1.165) is 32.5 Å². The Bertz CT molecular complexity index is 286. The van der Waals surface area contributed by atoms with Crippen molar-refractivity contribution in [1.29, 1.82) is 0 Å². The van der Waals surface area contributed by atoms with Gasteiger partial charge in [-0.1, -0.05) is 19.1 Å². The summed E-state index contributed by atoms with van der Waals surface area (Å²) in [5, 5.41) is 0. The van der Waals surface area contributed by atoms with Crippen molar-refractivity contribution in [3.63, 3.8) is 0 Å². The molecule has 1 unspecified atom stereocenters. The van der Waals surface area contributed by atoms with Crippen molar-refractivity contribution in [1.82, 2.24) is 0 Å². The summed E-state index contributed by atoms with van der Waals surface area (Å²) < 4.78 is 6.69. The molecule has 2 nitrogen and oxygen atoms in total. The molecule has 1 aromatic carbocycles. The standard InChI is InChI=1S/C13H20INO/c1-2-8-16-9-7-13(15)10-11-3-5-12(14)6-4-11/h3-6,13H,2,7-10,15H2,1H3. The first-order chi connectivity index (χ1) is 7.72. The fraction of sp³-hybridized carbons (Fsp3) is 0.538. The first-order valence-corrected chi connectivity index (χ1v) is 6.88. The molecular weight excluding hydrogens is 313 g/mol. The van der Waals surface area contributed by atoms with Crippen LogP contribution in [0, 0.1) is 3.57 Å². The van der Waals surface area contributed by atoms with Crippen molar-refractivity contribution >= 4 is 22.6 Å². The van der Waals surface area contributed by atoms with Crippen molar-refractivity contribution in [2.45, 2.75) is 32.2 Å². The van der Waals surface area contributed by atoms with Crippen molar-refractivity contribution in [3.05, 3.63) is 33.4 Å². The average Bonchev–Trinajstić information content (AvgIpc) is 2.28. The number of hydrogen-bond donors (Lipinski definition) is 1. The second-order valence-corrected chi connectivity index (χ2v) is 5.24. The largest absolute Gasteiger partial charge is 0.381 e. The Morgan fingerprint density at radius 3 is 2.56 bits per heavy atom. The maximum absolute atomic E-state index is 6.04. The molecule has 90 valence electrons. The summed E-state index contributed by atoms with van der Waals surface area (Å²) in [5.74, 6) is 0. The topological polar surface area (TPSA) is 35.2 Å². The van der Waals surface area contributed by atoms with Gasteiger partial charge in [-0.3, -0.25) is 0 Å². The van der Waals surface area contributed by atoms with E-state index in [-0.39, 0.29) is 6.04 Å². The fourth-order valence-corrected chi connectivity index (χ4v) is 1.87. The minimum Gasteiger partial charge on any atom is -0.381 e. The van der Waals surface area contributed by atoms with Gasteiger partial charge < -0.3 is 10.5 Å². The highest BCUT2D eigenvalue weighted by molar-refractivity contribution is 14.1. The molecule has 16 heavy (non-hydrogen) atoms. The highest BCUT2D eigenvalue weighted by Gasteiger charge is 2.03. The molecule has 0 radical (unpaired) electrons. The Morgan fingerprint density at radius 2 is 1.94 bits per heavy atom. The predicted molar refractivity (Wildman–Crippen MR) is 76.6 cm³/mol. The molecule has 0 saturated carbocycles. The van der Waals surface area contributed by atoms with Gasteiger partial charge in [-0.15, -0.1) is 0 Å². The zero-order valence-electron chi connectivity index (χ0n) is 9.79. The zero-order chi connectivity index (χ0) is 11.8. The number of rotatable bonds is 7. The normalized spacial score (nSPS) is 12.7. The Labute approximate surface area is 112 Å². The van der Waals surface area contributed by atoms with Crippen LogP contribution in [0.1, 0.15) is 25.3 Å². The van der Waals surface area contributed by atoms with Crippen LogP contribution in [0.5, 0.6) is 0 Å². The van der Waals surface area contributed by atoms with Crippen LogP contribution >= 0.6 is 22.6 Å². The molecule has 0 bridgehead atoms. The zero-order valence-corrected chi connectivity index (χ0v) is 11.9. The van der Waals surface area contributed by atoms with E-state index in [9.17, 15) is 0 Å². The highest BCUT2D eigenvalue weighted by Crippen LogP contribution is 2.09. The third-order valence-corrected chi connectivity index (χ3v) is 3.11. The van der Waals surface area contributed by atoms with Crippen LogP contribution in [0.25, 0.3) is 0 Å². The molecule has 0 aliphatic heterocycles. The van der Waals surface area contributed by atoms with Gasteiger partial charge in [0, 0.05) is 22.8 Å². The van der Waals surface area contributed by atoms with E-state index in [2.05, 4.69) is 53.8 Å². The molecule has 1 rings (SSSR count). The maximum Gasteiger partial charge on any atom is 0.0480 e. The average molecular weight is 333 g/mol. The van der Waals surface area contributed by atoms with Gasteiger partial charge in [-0.05, 0) is 59.5 Å². The van der Waals surface area contributed by atoms with Crippen molar-refractivity contribution in [3.8, 4) is 0 Å². The first-order valence-electron chi connectivity index (χ1n) is 5.80. The molecule has 0 aliphatic carbocycles. The second-order valence-electron chi connectivity index (χ2n) is 3.99. The molecule has 2 N–H and O–H groups in total. The van der Waals surface area contributed by atoms with E-state index >= 15 is 0 Å². The summed E-state index contributed by atoms with van der Waals surface area (Å²) in [6.07, 6.45) is 2.95. The second kappa shape index (κ2) is 8.03. The summed E-state index contributed by atoms with van der Waals surface area (Å²) in [5.41, 5.74) is 7.35. The summed E-state index contributed by atoms with van der Waals surface area (Å²) in [6.45, 7) is 3.74. The van der Waals surface area contributed by atoms with E-state index in [4.69, 9.17) is 10.5 Å². The smallest absolute Gasteiger partial charge is 0.0480 e. The molecule has 3 heteroatoms. The van der Waals surface area contributed by atoms with Gasteiger partial charge >= 0.3 is 0 Å². The third-order valence-electron chi connectivity index (χ3n) is 2.39. The number of hydrogen-bond acceptors (Lipinski definition) is 2. The minimum absolute atomic E-state index is 0.205. The lowest BCUT2D eigenvalue weighted by molar-refractivity contribution is 0.127. The quantitative estimate of drug-likeness (QED) is 0.615. The maximum atomic E-state index is 6.04. The van der Waals surface area contributed by atoms with Crippen LogP contribution in [0.3, 0.4) is 0 Å². The Hall–Kier alpha value is -0.130. The van der Waals surface area contributed by atoms with Gasteiger partial charge in [0.15, 0.2) is 0 Å². The molecule has 0 heterocycles. The van der Waals surface area contributed by atoms with Gasteiger partial charge in [0.05, 0.1) is 0 Å². The van der Waals surface area contributed by atoms with E-state index in [0.29, 0.717) is 0 Å². The van der Waals surface area contributed by atoms with E-state index in [1.54, 1.807) is 0 Å². The van der Waals surface area contributed by atoms with Crippen LogP contribution in [-0.4, -0.2) is 19.3 Å². The van der Waals surface area contributed by atoms with Crippen molar-refractivity contribution in [2.75, 3.05) is 13.2 Å². The minimum atomic E-state index is 0.205. The van der Waals surface area contributed by atoms with E-state index in [1.807, 2.05) is 0 Å². The lowest BCUT2D eigenvalue weighted by Gasteiger charge is -2.11. The molecular formula is C13H20INO. The Kier molecular flexibility index (Phi) is 7.00. The van der Waals surface area contributed by atoms with Crippen LogP contribution in [0.2, 0.25) is 0 Å². The molecule has 0 spiro atoms. The van der Waals surface area contributed by atoms with Crippen LogP contribution in [0.4, 0.5) is 0 Å². The van der Waals surface area contributed by atoms with Gasteiger partial charge in [0.2, 0.25) is 0 Å². The summed E-state index contributed by atoms with van der Waals surface area (Å²) in [7, 11) is 0. The van der Waals surface area contributed by atoms with Gasteiger partial charge in [-0.2, -0.15) is 0 Å². The van der Waals surface area contributed by atoms with Gasteiger partial charge in [0.1, 0.15) is 0 Å². The van der Waals surface area contributed by atoms with Crippen LogP contribution < -0.4 is 5.73 Å². The monoisotopic (exact) mass is 333 g/mol. The molecule has 0 saturated heterocycles.